The van der Waals surface area contributed by atoms with Crippen LogP contribution in [0.25, 0.3) is 0 Å². The molecule has 1 fully saturated rings. The molecule has 1 aliphatic rings. The number of amides is 3. The first kappa shape index (κ1) is 27.5. The van der Waals surface area contributed by atoms with Crippen LogP contribution in [0.5, 0.6) is 0 Å². The maximum absolute atomic E-state index is 13.3. The summed E-state index contributed by atoms with van der Waals surface area (Å²) in [6.45, 7) is 1.96. The van der Waals surface area contributed by atoms with E-state index in [4.69, 9.17) is 22.3 Å². The molecular weight excluding hydrogens is 438 g/mol. The molecule has 1 heterocycles. The topological polar surface area (TPSA) is 206 Å². The van der Waals surface area contributed by atoms with Gasteiger partial charge < -0.3 is 37.8 Å². The quantitative estimate of drug-likeness (QED) is 0.101. The minimum atomic E-state index is -1.17. The number of aliphatic carboxylic acids is 1. The van der Waals surface area contributed by atoms with Crippen molar-refractivity contribution in [2.45, 2.75) is 63.2 Å². The Labute approximate surface area is 192 Å². The van der Waals surface area contributed by atoms with Crippen molar-refractivity contribution in [3.8, 4) is 0 Å². The molecule has 3 amide bonds. The number of nitrogens with two attached hydrogens (primary N) is 3. The Morgan fingerprint density at radius 2 is 1.91 bits per heavy atom. The van der Waals surface area contributed by atoms with Gasteiger partial charge in [0.25, 0.3) is 0 Å². The Morgan fingerprint density at radius 3 is 2.50 bits per heavy atom. The van der Waals surface area contributed by atoms with Gasteiger partial charge >= 0.3 is 5.97 Å². The highest BCUT2D eigenvalue weighted by Crippen LogP contribution is 2.20. The molecule has 0 aromatic carbocycles. The van der Waals surface area contributed by atoms with E-state index >= 15 is 0 Å². The van der Waals surface area contributed by atoms with Crippen LogP contribution in [0.15, 0.2) is 4.99 Å². The zero-order chi connectivity index (χ0) is 24.3. The molecule has 4 unspecified atom stereocenters. The second kappa shape index (κ2) is 13.8. The molecule has 0 bridgehead atoms. The molecule has 32 heavy (non-hydrogen) atoms. The van der Waals surface area contributed by atoms with Crippen LogP contribution in [-0.2, 0) is 19.2 Å². The number of likely N-dealkylation sites (tertiary alicyclic amines) is 1. The normalized spacial score (nSPS) is 18.3. The second-order valence-electron chi connectivity index (χ2n) is 7.66. The molecule has 1 aliphatic heterocycles. The Kier molecular flexibility index (Phi) is 11.8. The molecule has 12 nitrogen and oxygen atoms in total. The molecule has 0 aliphatic carbocycles. The summed E-state index contributed by atoms with van der Waals surface area (Å²) in [6.07, 6.45) is 4.05. The number of carboxylic acids is 1. The molecule has 4 atom stereocenters. The highest BCUT2D eigenvalue weighted by molar-refractivity contribution is 7.98. The number of carboxylic acid groups (broad SMARTS) is 1. The van der Waals surface area contributed by atoms with E-state index in [9.17, 15) is 19.2 Å². The SMILES string of the molecule is CSCCC(N)C(=O)NC(CCCN=C(N)N)C(=O)N1CCCC1C(=O)NC(C)C(=O)O. The van der Waals surface area contributed by atoms with E-state index in [1.165, 1.54) is 11.8 Å². The minimum Gasteiger partial charge on any atom is -0.480 e. The van der Waals surface area contributed by atoms with Gasteiger partial charge in [-0.2, -0.15) is 11.8 Å². The Hall–Kier alpha value is -2.54. The van der Waals surface area contributed by atoms with E-state index in [0.717, 1.165) is 0 Å². The highest BCUT2D eigenvalue weighted by Gasteiger charge is 2.38. The van der Waals surface area contributed by atoms with Gasteiger partial charge in [-0.15, -0.1) is 0 Å². The number of guanidine groups is 1. The summed E-state index contributed by atoms with van der Waals surface area (Å²) in [6, 6.07) is -3.54. The monoisotopic (exact) mass is 473 g/mol. The van der Waals surface area contributed by atoms with E-state index in [-0.39, 0.29) is 18.9 Å². The number of carbonyl (C=O) groups is 4. The lowest BCUT2D eigenvalue weighted by atomic mass is 10.1. The van der Waals surface area contributed by atoms with E-state index in [1.807, 2.05) is 6.26 Å². The predicted molar refractivity (Wildman–Crippen MR) is 123 cm³/mol. The molecule has 0 radical (unpaired) electrons. The van der Waals surface area contributed by atoms with Crippen molar-refractivity contribution in [1.82, 2.24) is 15.5 Å². The first-order valence-corrected chi connectivity index (χ1v) is 11.9. The van der Waals surface area contributed by atoms with Crippen LogP contribution in [0.4, 0.5) is 0 Å². The third kappa shape index (κ3) is 8.91. The number of nitrogens with one attached hydrogen (secondary N) is 2. The first-order chi connectivity index (χ1) is 15.1. The third-order valence-corrected chi connectivity index (χ3v) is 5.74. The fourth-order valence-corrected chi connectivity index (χ4v) is 3.78. The molecule has 0 aromatic heterocycles. The maximum Gasteiger partial charge on any atom is 0.325 e. The summed E-state index contributed by atoms with van der Waals surface area (Å²) in [7, 11) is 0. The van der Waals surface area contributed by atoms with Crippen LogP contribution in [-0.4, -0.2) is 88.9 Å². The number of rotatable bonds is 13. The van der Waals surface area contributed by atoms with Crippen molar-refractivity contribution in [2.75, 3.05) is 25.1 Å². The summed E-state index contributed by atoms with van der Waals surface area (Å²) >= 11 is 1.56. The third-order valence-electron chi connectivity index (χ3n) is 5.10. The second-order valence-corrected chi connectivity index (χ2v) is 8.64. The Balaban J connectivity index is 2.91. The Bertz CT molecular complexity index is 702. The maximum atomic E-state index is 13.3. The van der Waals surface area contributed by atoms with Gasteiger partial charge in [0.1, 0.15) is 18.1 Å². The van der Waals surface area contributed by atoms with Crippen molar-refractivity contribution in [1.29, 1.82) is 0 Å². The zero-order valence-electron chi connectivity index (χ0n) is 18.6. The Morgan fingerprint density at radius 1 is 1.22 bits per heavy atom. The number of hydrogen-bond donors (Lipinski definition) is 6. The van der Waals surface area contributed by atoms with Gasteiger partial charge in [-0.1, -0.05) is 0 Å². The molecule has 13 heteroatoms. The fourth-order valence-electron chi connectivity index (χ4n) is 3.29. The lowest BCUT2D eigenvalue weighted by Gasteiger charge is -2.29. The lowest BCUT2D eigenvalue weighted by molar-refractivity contribution is -0.144. The average molecular weight is 474 g/mol. The largest absolute Gasteiger partial charge is 0.480 e. The van der Waals surface area contributed by atoms with Gasteiger partial charge in [-0.25, -0.2) is 0 Å². The smallest absolute Gasteiger partial charge is 0.325 e. The molecule has 0 saturated carbocycles. The van der Waals surface area contributed by atoms with E-state index in [2.05, 4.69) is 15.6 Å². The standard InChI is InChI=1S/C19H35N7O5S/c1-11(18(30)31)24-16(28)14-6-4-9-26(14)17(29)13(5-3-8-23-19(21)22)25-15(27)12(20)7-10-32-2/h11-14H,3-10,20H2,1-2H3,(H,24,28)(H,25,27)(H,30,31)(H4,21,22,23). The van der Waals surface area contributed by atoms with Crippen molar-refractivity contribution in [3.05, 3.63) is 0 Å². The van der Waals surface area contributed by atoms with E-state index in [0.29, 0.717) is 38.0 Å². The minimum absolute atomic E-state index is 0.0696. The van der Waals surface area contributed by atoms with Gasteiger partial charge in [0, 0.05) is 13.1 Å². The molecule has 0 aromatic rings. The van der Waals surface area contributed by atoms with Crippen LogP contribution in [0.1, 0.15) is 39.0 Å². The summed E-state index contributed by atoms with van der Waals surface area (Å²) in [5, 5.41) is 14.1. The van der Waals surface area contributed by atoms with E-state index < -0.39 is 47.9 Å². The summed E-state index contributed by atoms with van der Waals surface area (Å²) in [5.74, 6) is -1.93. The lowest BCUT2D eigenvalue weighted by Crippen LogP contribution is -2.56. The van der Waals surface area contributed by atoms with Gasteiger partial charge in [-0.3, -0.25) is 24.2 Å². The van der Waals surface area contributed by atoms with Gasteiger partial charge in [0.15, 0.2) is 5.96 Å². The summed E-state index contributed by atoms with van der Waals surface area (Å²) in [5.41, 5.74) is 16.6. The summed E-state index contributed by atoms with van der Waals surface area (Å²) in [4.78, 5) is 54.7. The van der Waals surface area contributed by atoms with Crippen molar-refractivity contribution >= 4 is 41.4 Å². The molecule has 1 rings (SSSR count). The first-order valence-electron chi connectivity index (χ1n) is 10.5. The molecule has 182 valence electrons. The number of thioether (sulfide) groups is 1. The zero-order valence-corrected chi connectivity index (χ0v) is 19.4. The van der Waals surface area contributed by atoms with Crippen LogP contribution in [0.2, 0.25) is 0 Å². The molecule has 1 saturated heterocycles. The van der Waals surface area contributed by atoms with Gasteiger partial charge in [-0.05, 0) is 51.0 Å². The van der Waals surface area contributed by atoms with Gasteiger partial charge in [0.2, 0.25) is 17.7 Å². The average Bonchev–Trinajstić information content (AvgIpc) is 3.23. The van der Waals surface area contributed by atoms with Crippen LogP contribution in [0, 0.1) is 0 Å². The van der Waals surface area contributed by atoms with E-state index in [1.54, 1.807) is 11.8 Å². The fraction of sp³-hybridized carbons (Fsp3) is 0.737. The molecule has 9 N–H and O–H groups in total. The number of hydrogen-bond acceptors (Lipinski definition) is 7. The number of nitrogens with zero attached hydrogens (tertiary/aromatic N) is 2. The van der Waals surface area contributed by atoms with Crippen molar-refractivity contribution in [2.24, 2.45) is 22.2 Å². The van der Waals surface area contributed by atoms with Gasteiger partial charge in [0.05, 0.1) is 6.04 Å². The number of carbonyl (C=O) groups excluding carboxylic acids is 3. The van der Waals surface area contributed by atoms with Crippen LogP contribution < -0.4 is 27.8 Å². The predicted octanol–water partition coefficient (Wildman–Crippen LogP) is -1.81. The van der Waals surface area contributed by atoms with Crippen LogP contribution >= 0.6 is 11.8 Å². The molecule has 0 spiro atoms. The van der Waals surface area contributed by atoms with Crippen molar-refractivity contribution in [3.63, 3.8) is 0 Å². The summed E-state index contributed by atoms with van der Waals surface area (Å²) < 4.78 is 0. The highest BCUT2D eigenvalue weighted by atomic mass is 32.2. The molecular formula is C19H35N7O5S. The van der Waals surface area contributed by atoms with Crippen molar-refractivity contribution < 1.29 is 24.3 Å². The van der Waals surface area contributed by atoms with Crippen LogP contribution in [0.3, 0.4) is 0 Å². The number of aliphatic imine (C=N–C) groups is 1.